The van der Waals surface area contributed by atoms with Crippen molar-refractivity contribution in [2.24, 2.45) is 16.3 Å². The summed E-state index contributed by atoms with van der Waals surface area (Å²) in [6, 6.07) is 17.2. The van der Waals surface area contributed by atoms with E-state index in [-0.39, 0.29) is 11.8 Å². The first-order valence-electron chi connectivity index (χ1n) is 12.4. The molecule has 3 amide bonds. The molecule has 2 aliphatic rings. The maximum absolute atomic E-state index is 13.6. The van der Waals surface area contributed by atoms with Crippen molar-refractivity contribution in [3.05, 3.63) is 65.7 Å². The summed E-state index contributed by atoms with van der Waals surface area (Å²) in [5.41, 5.74) is 1.85. The molecule has 0 saturated heterocycles. The number of benzodiazepines with no additional fused rings is 1. The van der Waals surface area contributed by atoms with E-state index >= 15 is 0 Å². The third-order valence-corrected chi connectivity index (χ3v) is 6.99. The predicted molar refractivity (Wildman–Crippen MR) is 137 cm³/mol. The van der Waals surface area contributed by atoms with E-state index < -0.39 is 17.5 Å². The van der Waals surface area contributed by atoms with Crippen molar-refractivity contribution in [2.45, 2.75) is 52.1 Å². The van der Waals surface area contributed by atoms with Gasteiger partial charge in [0.2, 0.25) is 18.0 Å². The number of anilines is 1. The van der Waals surface area contributed by atoms with E-state index in [1.807, 2.05) is 54.6 Å². The van der Waals surface area contributed by atoms with E-state index in [0.29, 0.717) is 31.0 Å². The number of carbonyl (C=O) groups excluding carboxylic acids is 3. The molecule has 2 aromatic carbocycles. The molecule has 0 bridgehead atoms. The quantitative estimate of drug-likeness (QED) is 0.600. The van der Waals surface area contributed by atoms with Crippen molar-refractivity contribution < 1.29 is 14.4 Å². The van der Waals surface area contributed by atoms with E-state index in [1.54, 1.807) is 7.05 Å². The number of hydrogen-bond acceptors (Lipinski definition) is 4. The molecule has 7 nitrogen and oxygen atoms in total. The molecule has 1 fully saturated rings. The number of amides is 3. The number of rotatable bonds is 7. The topological polar surface area (TPSA) is 90.9 Å². The molecule has 1 aliphatic carbocycles. The Morgan fingerprint density at radius 1 is 1.03 bits per heavy atom. The van der Waals surface area contributed by atoms with E-state index in [4.69, 9.17) is 4.99 Å². The summed E-state index contributed by atoms with van der Waals surface area (Å²) < 4.78 is 0. The van der Waals surface area contributed by atoms with Gasteiger partial charge in [-0.05, 0) is 31.2 Å². The Morgan fingerprint density at radius 2 is 1.69 bits per heavy atom. The van der Waals surface area contributed by atoms with Gasteiger partial charge in [-0.15, -0.1) is 0 Å². The molecule has 0 radical (unpaired) electrons. The van der Waals surface area contributed by atoms with Gasteiger partial charge < -0.3 is 15.5 Å². The van der Waals surface area contributed by atoms with Gasteiger partial charge in [-0.3, -0.25) is 14.4 Å². The van der Waals surface area contributed by atoms with Crippen LogP contribution in [0.2, 0.25) is 0 Å². The van der Waals surface area contributed by atoms with Gasteiger partial charge in [0.05, 0.1) is 11.4 Å². The van der Waals surface area contributed by atoms with E-state index in [1.165, 1.54) is 4.90 Å². The molecular weight excluding hydrogens is 440 g/mol. The SMILES string of the molecule is CC(C)CCNC(=O)C1(C(=O)NC2N=C(c3ccccc3)c3ccccc3N(C)C2=O)CCCC1. The van der Waals surface area contributed by atoms with Gasteiger partial charge >= 0.3 is 0 Å². The Labute approximate surface area is 207 Å². The van der Waals surface area contributed by atoms with Crippen molar-refractivity contribution in [3.63, 3.8) is 0 Å². The summed E-state index contributed by atoms with van der Waals surface area (Å²) in [4.78, 5) is 46.6. The number of carbonyl (C=O) groups is 3. The number of nitrogens with zero attached hydrogens (tertiary/aromatic N) is 2. The first kappa shape index (κ1) is 24.6. The van der Waals surface area contributed by atoms with E-state index in [2.05, 4.69) is 24.5 Å². The Kier molecular flexibility index (Phi) is 7.34. The van der Waals surface area contributed by atoms with Crippen molar-refractivity contribution in [1.82, 2.24) is 10.6 Å². The molecule has 1 saturated carbocycles. The third kappa shape index (κ3) is 4.99. The van der Waals surface area contributed by atoms with Gasteiger partial charge in [0, 0.05) is 24.7 Å². The number of benzene rings is 2. The molecular formula is C28H34N4O3. The summed E-state index contributed by atoms with van der Waals surface area (Å²) in [6.07, 6.45) is 2.26. The molecule has 1 atom stereocenters. The normalized spacial score (nSPS) is 19.1. The zero-order valence-electron chi connectivity index (χ0n) is 20.7. The summed E-state index contributed by atoms with van der Waals surface area (Å²) in [6.45, 7) is 4.72. The number of fused-ring (bicyclic) bond motifs is 1. The van der Waals surface area contributed by atoms with Gasteiger partial charge in [-0.25, -0.2) is 4.99 Å². The van der Waals surface area contributed by atoms with Gasteiger partial charge in [-0.1, -0.05) is 75.2 Å². The monoisotopic (exact) mass is 474 g/mol. The summed E-state index contributed by atoms with van der Waals surface area (Å²) >= 11 is 0. The van der Waals surface area contributed by atoms with Crippen molar-refractivity contribution in [3.8, 4) is 0 Å². The van der Waals surface area contributed by atoms with Crippen LogP contribution in [-0.4, -0.2) is 43.2 Å². The summed E-state index contributed by atoms with van der Waals surface area (Å²) in [7, 11) is 1.69. The second kappa shape index (κ2) is 10.4. The summed E-state index contributed by atoms with van der Waals surface area (Å²) in [5, 5.41) is 5.82. The van der Waals surface area contributed by atoms with Crippen LogP contribution in [0.25, 0.3) is 0 Å². The average Bonchev–Trinajstić information content (AvgIpc) is 3.34. The van der Waals surface area contributed by atoms with Gasteiger partial charge in [0.25, 0.3) is 5.91 Å². The van der Waals surface area contributed by atoms with Gasteiger partial charge in [-0.2, -0.15) is 0 Å². The number of para-hydroxylation sites is 1. The zero-order chi connectivity index (χ0) is 25.0. The predicted octanol–water partition coefficient (Wildman–Crippen LogP) is 3.67. The lowest BCUT2D eigenvalue weighted by Gasteiger charge is -2.29. The maximum atomic E-state index is 13.6. The van der Waals surface area contributed by atoms with Crippen LogP contribution in [0.1, 0.15) is 57.1 Å². The van der Waals surface area contributed by atoms with Gasteiger partial charge in [0.1, 0.15) is 5.41 Å². The maximum Gasteiger partial charge on any atom is 0.272 e. The van der Waals surface area contributed by atoms with Gasteiger partial charge in [0.15, 0.2) is 0 Å². The highest BCUT2D eigenvalue weighted by Gasteiger charge is 2.49. The Balaban J connectivity index is 1.66. The zero-order valence-corrected chi connectivity index (χ0v) is 20.7. The lowest BCUT2D eigenvalue weighted by atomic mass is 9.83. The molecule has 184 valence electrons. The molecule has 0 spiro atoms. The number of nitrogens with one attached hydrogen (secondary N) is 2. The third-order valence-electron chi connectivity index (χ3n) is 6.99. The molecule has 0 aromatic heterocycles. The van der Waals surface area contributed by atoms with Crippen LogP contribution in [0.3, 0.4) is 0 Å². The molecule has 1 aliphatic heterocycles. The van der Waals surface area contributed by atoms with Crippen LogP contribution >= 0.6 is 0 Å². The standard InChI is InChI=1S/C28H34N4O3/c1-19(2)15-18-29-26(34)28(16-9-10-17-28)27(35)31-24-25(33)32(3)22-14-8-7-13-21(22)23(30-24)20-11-5-4-6-12-20/h4-8,11-14,19,24H,9-10,15-18H2,1-3H3,(H,29,34)(H,31,35). The minimum atomic E-state index is -1.17. The van der Waals surface area contributed by atoms with E-state index in [9.17, 15) is 14.4 Å². The molecule has 7 heteroatoms. The smallest absolute Gasteiger partial charge is 0.272 e. The van der Waals surface area contributed by atoms with Crippen molar-refractivity contribution >= 4 is 29.1 Å². The molecule has 1 heterocycles. The van der Waals surface area contributed by atoms with Crippen LogP contribution < -0.4 is 15.5 Å². The fourth-order valence-electron chi connectivity index (χ4n) is 4.88. The molecule has 4 rings (SSSR count). The lowest BCUT2D eigenvalue weighted by molar-refractivity contribution is -0.144. The van der Waals surface area contributed by atoms with E-state index in [0.717, 1.165) is 36.1 Å². The fraction of sp³-hybridized carbons (Fsp3) is 0.429. The first-order valence-corrected chi connectivity index (χ1v) is 12.4. The van der Waals surface area contributed by atoms with Crippen LogP contribution in [-0.2, 0) is 14.4 Å². The molecule has 35 heavy (non-hydrogen) atoms. The number of hydrogen-bond donors (Lipinski definition) is 2. The minimum absolute atomic E-state index is 0.252. The largest absolute Gasteiger partial charge is 0.355 e. The van der Waals surface area contributed by atoms with Crippen LogP contribution in [0.5, 0.6) is 0 Å². The molecule has 2 N–H and O–H groups in total. The second-order valence-electron chi connectivity index (χ2n) is 9.86. The van der Waals surface area contributed by atoms with Crippen LogP contribution in [0.4, 0.5) is 5.69 Å². The second-order valence-corrected chi connectivity index (χ2v) is 9.86. The highest BCUT2D eigenvalue weighted by Crippen LogP contribution is 2.39. The number of aliphatic imine (C=N–C) groups is 1. The number of likely N-dealkylation sites (N-methyl/N-ethyl adjacent to an activating group) is 1. The molecule has 1 unspecified atom stereocenters. The van der Waals surface area contributed by atoms with Crippen LogP contribution in [0, 0.1) is 11.3 Å². The minimum Gasteiger partial charge on any atom is -0.355 e. The Bertz CT molecular complexity index is 1120. The van der Waals surface area contributed by atoms with Crippen molar-refractivity contribution in [1.29, 1.82) is 0 Å². The Hall–Kier alpha value is -3.48. The Morgan fingerprint density at radius 3 is 2.37 bits per heavy atom. The summed E-state index contributed by atoms with van der Waals surface area (Å²) in [5.74, 6) is -0.565. The lowest BCUT2D eigenvalue weighted by Crippen LogP contribution is -2.55. The first-order chi connectivity index (χ1) is 16.8. The van der Waals surface area contributed by atoms with Crippen molar-refractivity contribution in [2.75, 3.05) is 18.5 Å². The fourth-order valence-corrected chi connectivity index (χ4v) is 4.88. The van der Waals surface area contributed by atoms with Crippen LogP contribution in [0.15, 0.2) is 59.6 Å². The average molecular weight is 475 g/mol. The highest BCUT2D eigenvalue weighted by molar-refractivity contribution is 6.20. The molecule has 2 aromatic rings. The highest BCUT2D eigenvalue weighted by atomic mass is 16.2.